The van der Waals surface area contributed by atoms with Gasteiger partial charge in [0.2, 0.25) is 0 Å². The van der Waals surface area contributed by atoms with Crippen molar-refractivity contribution in [3.05, 3.63) is 0 Å². The zero-order valence-electron chi connectivity index (χ0n) is 8.78. The second-order valence-electron chi connectivity index (χ2n) is 2.97. The maximum Gasteiger partial charge on any atom is 0.305 e. The maximum atomic E-state index is 11.1. The number of ether oxygens (including phenoxy) is 1. The van der Waals surface area contributed by atoms with Crippen LogP contribution < -0.4 is 0 Å². The molecule has 5 heteroatoms. The fraction of sp³-hybridized carbons (Fsp3) is 0.778. The smallest absolute Gasteiger partial charge is 0.305 e. The zero-order chi connectivity index (χ0) is 10.8. The van der Waals surface area contributed by atoms with Crippen molar-refractivity contribution in [2.24, 2.45) is 0 Å². The fourth-order valence-electron chi connectivity index (χ4n) is 0.887. The molecule has 0 saturated heterocycles. The van der Waals surface area contributed by atoms with Crippen LogP contribution in [-0.4, -0.2) is 29.2 Å². The van der Waals surface area contributed by atoms with Crippen LogP contribution in [0.5, 0.6) is 0 Å². The number of esters is 1. The Balaban J connectivity index is 3.48. The molecule has 0 aromatic carbocycles. The monoisotopic (exact) mass is 215 g/mol. The van der Waals surface area contributed by atoms with Crippen molar-refractivity contribution in [2.75, 3.05) is 6.61 Å². The highest BCUT2D eigenvalue weighted by atomic mass is 28.2. The molecule has 1 unspecified atom stereocenters. The van der Waals surface area contributed by atoms with E-state index in [4.69, 9.17) is 14.4 Å². The number of unbranched alkanes of at least 4 members (excludes halogenated alkanes) is 1. The molecule has 0 aliphatic rings. The van der Waals surface area contributed by atoms with E-state index in [1.165, 1.54) is 0 Å². The standard InChI is InChI=1S/C9H17NO3Si/c1-2-3-6-12-9(11)5-4-8(7-10)13-14/h8H,2-6H2,1,14H3. The molecule has 1 atom stereocenters. The predicted molar refractivity (Wildman–Crippen MR) is 55.5 cm³/mol. The van der Waals surface area contributed by atoms with Gasteiger partial charge in [-0.3, -0.25) is 4.79 Å². The van der Waals surface area contributed by atoms with Crippen molar-refractivity contribution in [3.8, 4) is 6.07 Å². The third-order valence-corrected chi connectivity index (χ3v) is 2.37. The summed E-state index contributed by atoms with van der Waals surface area (Å²) >= 11 is 0. The van der Waals surface area contributed by atoms with Crippen molar-refractivity contribution in [1.29, 1.82) is 5.26 Å². The molecule has 0 amide bonds. The van der Waals surface area contributed by atoms with Crippen LogP contribution in [0.4, 0.5) is 0 Å². The van der Waals surface area contributed by atoms with Crippen molar-refractivity contribution in [1.82, 2.24) is 0 Å². The van der Waals surface area contributed by atoms with Gasteiger partial charge in [-0.25, -0.2) is 0 Å². The molecule has 0 fully saturated rings. The Morgan fingerprint density at radius 2 is 2.36 bits per heavy atom. The topological polar surface area (TPSA) is 59.3 Å². The molecule has 0 N–H and O–H groups in total. The third kappa shape index (κ3) is 6.63. The molecule has 80 valence electrons. The molecular formula is C9H17NO3Si. The minimum atomic E-state index is -0.444. The Bertz CT molecular complexity index is 203. The normalized spacial score (nSPS) is 12.0. The number of nitriles is 1. The van der Waals surface area contributed by atoms with Gasteiger partial charge >= 0.3 is 5.97 Å². The first-order valence-electron chi connectivity index (χ1n) is 4.82. The summed E-state index contributed by atoms with van der Waals surface area (Å²) in [5, 5.41) is 8.55. The van der Waals surface area contributed by atoms with Gasteiger partial charge in [-0.05, 0) is 12.8 Å². The summed E-state index contributed by atoms with van der Waals surface area (Å²) in [7, 11) is 0.521. The quantitative estimate of drug-likeness (QED) is 0.348. The van der Waals surface area contributed by atoms with E-state index >= 15 is 0 Å². The SMILES string of the molecule is CCCCOC(=O)CCC(C#N)O[SiH3]. The Labute approximate surface area is 87.7 Å². The minimum absolute atomic E-state index is 0.239. The number of carbonyl (C=O) groups excluding carboxylic acids is 1. The lowest BCUT2D eigenvalue weighted by Crippen LogP contribution is -2.13. The van der Waals surface area contributed by atoms with Gasteiger partial charge < -0.3 is 9.16 Å². The average molecular weight is 215 g/mol. The third-order valence-electron chi connectivity index (χ3n) is 1.80. The van der Waals surface area contributed by atoms with Crippen LogP contribution >= 0.6 is 0 Å². The molecule has 14 heavy (non-hydrogen) atoms. The second-order valence-corrected chi connectivity index (χ2v) is 3.44. The summed E-state index contributed by atoms with van der Waals surface area (Å²) in [6.45, 7) is 2.52. The average Bonchev–Trinajstić information content (AvgIpc) is 2.20. The van der Waals surface area contributed by atoms with E-state index in [1.54, 1.807) is 0 Å². The Morgan fingerprint density at radius 1 is 1.64 bits per heavy atom. The lowest BCUT2D eigenvalue weighted by atomic mass is 10.2. The van der Waals surface area contributed by atoms with E-state index in [2.05, 4.69) is 0 Å². The maximum absolute atomic E-state index is 11.1. The summed E-state index contributed by atoms with van der Waals surface area (Å²) in [6.07, 6.45) is 2.16. The van der Waals surface area contributed by atoms with Crippen LogP contribution in [0.3, 0.4) is 0 Å². The first-order valence-corrected chi connectivity index (χ1v) is 5.64. The number of carbonyl (C=O) groups is 1. The van der Waals surface area contributed by atoms with Crippen molar-refractivity contribution in [3.63, 3.8) is 0 Å². The highest BCUT2D eigenvalue weighted by Crippen LogP contribution is 2.01. The van der Waals surface area contributed by atoms with E-state index in [0.29, 0.717) is 23.5 Å². The van der Waals surface area contributed by atoms with E-state index in [9.17, 15) is 4.79 Å². The molecule has 0 aliphatic carbocycles. The number of hydrogen-bond acceptors (Lipinski definition) is 4. The van der Waals surface area contributed by atoms with Gasteiger partial charge in [0.25, 0.3) is 0 Å². The van der Waals surface area contributed by atoms with Crippen molar-refractivity contribution >= 4 is 16.5 Å². The zero-order valence-corrected chi connectivity index (χ0v) is 10.8. The van der Waals surface area contributed by atoms with Crippen LogP contribution in [0, 0.1) is 11.3 Å². The second kappa shape index (κ2) is 8.72. The first-order chi connectivity index (χ1) is 6.74. The van der Waals surface area contributed by atoms with Crippen LogP contribution in [-0.2, 0) is 14.0 Å². The molecule has 0 aliphatic heterocycles. The van der Waals surface area contributed by atoms with Gasteiger partial charge in [-0.15, -0.1) is 0 Å². The molecule has 0 radical (unpaired) electrons. The highest BCUT2D eigenvalue weighted by Gasteiger charge is 2.09. The summed E-state index contributed by atoms with van der Waals surface area (Å²) in [6, 6.07) is 1.98. The van der Waals surface area contributed by atoms with Gasteiger partial charge in [0, 0.05) is 6.42 Å². The van der Waals surface area contributed by atoms with Gasteiger partial charge in [-0.2, -0.15) is 5.26 Å². The highest BCUT2D eigenvalue weighted by molar-refractivity contribution is 5.98. The van der Waals surface area contributed by atoms with E-state index in [1.807, 2.05) is 13.0 Å². The molecule has 0 rings (SSSR count). The van der Waals surface area contributed by atoms with E-state index in [-0.39, 0.29) is 12.4 Å². The fourth-order valence-corrected chi connectivity index (χ4v) is 1.23. The molecule has 0 heterocycles. The summed E-state index contributed by atoms with van der Waals surface area (Å²) in [5.74, 6) is -0.239. The first kappa shape index (κ1) is 13.1. The Morgan fingerprint density at radius 3 is 2.86 bits per heavy atom. The van der Waals surface area contributed by atoms with Crippen LogP contribution in [0.1, 0.15) is 32.6 Å². The van der Waals surface area contributed by atoms with Gasteiger partial charge in [0.05, 0.1) is 12.7 Å². The molecular weight excluding hydrogens is 198 g/mol. The summed E-state index contributed by atoms with van der Waals surface area (Å²) in [4.78, 5) is 11.1. The molecule has 0 bridgehead atoms. The predicted octanol–water partition coefficient (Wildman–Crippen LogP) is 0.299. The van der Waals surface area contributed by atoms with Crippen molar-refractivity contribution in [2.45, 2.75) is 38.7 Å². The van der Waals surface area contributed by atoms with Crippen molar-refractivity contribution < 1.29 is 14.0 Å². The van der Waals surface area contributed by atoms with Crippen LogP contribution in [0.2, 0.25) is 0 Å². The summed E-state index contributed by atoms with van der Waals surface area (Å²) < 4.78 is 9.87. The van der Waals surface area contributed by atoms with Crippen LogP contribution in [0.15, 0.2) is 0 Å². The molecule has 0 spiro atoms. The largest absolute Gasteiger partial charge is 0.466 e. The lowest BCUT2D eigenvalue weighted by molar-refractivity contribution is -0.144. The van der Waals surface area contributed by atoms with Gasteiger partial charge in [0.15, 0.2) is 0 Å². The number of hydrogen-bond donors (Lipinski definition) is 0. The lowest BCUT2D eigenvalue weighted by Gasteiger charge is -2.07. The molecule has 0 aromatic rings. The molecule has 4 nitrogen and oxygen atoms in total. The van der Waals surface area contributed by atoms with Gasteiger partial charge in [-0.1, -0.05) is 13.3 Å². The Hall–Kier alpha value is -0.863. The summed E-state index contributed by atoms with van der Waals surface area (Å²) in [5.41, 5.74) is 0. The molecule has 0 saturated carbocycles. The Kier molecular flexibility index (Phi) is 8.18. The van der Waals surface area contributed by atoms with E-state index in [0.717, 1.165) is 12.8 Å². The van der Waals surface area contributed by atoms with Gasteiger partial charge in [0.1, 0.15) is 16.6 Å². The van der Waals surface area contributed by atoms with E-state index < -0.39 is 6.10 Å². The number of nitrogens with zero attached hydrogens (tertiary/aromatic N) is 1. The van der Waals surface area contributed by atoms with Crippen LogP contribution in [0.25, 0.3) is 0 Å². The molecule has 0 aromatic heterocycles. The minimum Gasteiger partial charge on any atom is -0.466 e. The number of rotatable bonds is 7.